The smallest absolute Gasteiger partial charge is 0.325 e. The fourth-order valence-corrected chi connectivity index (χ4v) is 2.68. The van der Waals surface area contributed by atoms with Crippen molar-refractivity contribution in [3.8, 4) is 0 Å². The summed E-state index contributed by atoms with van der Waals surface area (Å²) in [6, 6.07) is 7.80. The summed E-state index contributed by atoms with van der Waals surface area (Å²) in [7, 11) is 0. The Labute approximate surface area is 129 Å². The summed E-state index contributed by atoms with van der Waals surface area (Å²) in [6.45, 7) is 0. The van der Waals surface area contributed by atoms with Gasteiger partial charge in [-0.2, -0.15) is 13.2 Å². The van der Waals surface area contributed by atoms with Gasteiger partial charge < -0.3 is 4.98 Å². The van der Waals surface area contributed by atoms with E-state index in [1.807, 2.05) is 0 Å². The number of carbonyl (C=O) groups is 1. The van der Waals surface area contributed by atoms with E-state index < -0.39 is 11.7 Å². The van der Waals surface area contributed by atoms with Crippen LogP contribution in [0.4, 0.5) is 13.2 Å². The Morgan fingerprint density at radius 1 is 1.00 bits per heavy atom. The number of rotatable bonds is 1. The number of benzene rings is 1. The van der Waals surface area contributed by atoms with Gasteiger partial charge in [0.15, 0.2) is 5.78 Å². The zero-order chi connectivity index (χ0) is 16.6. The third kappa shape index (κ3) is 2.97. The van der Waals surface area contributed by atoms with Crippen LogP contribution >= 0.6 is 0 Å². The summed E-state index contributed by atoms with van der Waals surface area (Å²) in [4.78, 5) is 26.3. The van der Waals surface area contributed by atoms with Gasteiger partial charge in [0.25, 0.3) is 0 Å². The molecule has 23 heavy (non-hydrogen) atoms. The van der Waals surface area contributed by atoms with Crippen LogP contribution < -0.4 is 5.56 Å². The lowest BCUT2D eigenvalue weighted by atomic mass is 9.88. The van der Waals surface area contributed by atoms with Gasteiger partial charge in [-0.3, -0.25) is 9.59 Å². The molecule has 1 aromatic carbocycles. The Balaban J connectivity index is 2.04. The van der Waals surface area contributed by atoms with E-state index in [9.17, 15) is 22.8 Å². The Hall–Kier alpha value is -2.63. The fourth-order valence-electron chi connectivity index (χ4n) is 2.68. The predicted molar refractivity (Wildman–Crippen MR) is 79.1 cm³/mol. The number of Topliss-reactive ketones (excluding diaryl/α,β-unsaturated/α-hetero) is 1. The maximum atomic E-state index is 13.0. The van der Waals surface area contributed by atoms with E-state index in [0.717, 1.165) is 6.07 Å². The van der Waals surface area contributed by atoms with E-state index in [1.165, 1.54) is 36.4 Å². The molecule has 0 fully saturated rings. The summed E-state index contributed by atoms with van der Waals surface area (Å²) in [5.74, 6) is -0.348. The van der Waals surface area contributed by atoms with Crippen molar-refractivity contribution in [1.82, 2.24) is 4.98 Å². The molecule has 3 rings (SSSR count). The third-order valence-corrected chi connectivity index (χ3v) is 3.78. The zero-order valence-electron chi connectivity index (χ0n) is 11.9. The maximum Gasteiger partial charge on any atom is 0.416 e. The number of hydrogen-bond donors (Lipinski definition) is 1. The average Bonchev–Trinajstić information content (AvgIpc) is 2.49. The lowest BCUT2D eigenvalue weighted by Crippen LogP contribution is -2.20. The summed E-state index contributed by atoms with van der Waals surface area (Å²) < 4.78 is 39.1. The van der Waals surface area contributed by atoms with Crippen LogP contribution in [-0.4, -0.2) is 10.8 Å². The number of halogens is 3. The Bertz CT molecular complexity index is 863. The number of nitrogens with one attached hydrogen (secondary N) is 1. The van der Waals surface area contributed by atoms with Gasteiger partial charge in [0, 0.05) is 22.9 Å². The summed E-state index contributed by atoms with van der Waals surface area (Å²) in [5.41, 5.74) is 0.0757. The SMILES string of the molecule is O=C1/C(=C/c2ccccc2C(F)(F)F)CCc2[nH]c(=O)ccc21. The van der Waals surface area contributed by atoms with E-state index in [2.05, 4.69) is 4.98 Å². The number of fused-ring (bicyclic) bond motifs is 1. The highest BCUT2D eigenvalue weighted by molar-refractivity contribution is 6.12. The molecule has 1 aromatic heterocycles. The van der Waals surface area contributed by atoms with Crippen molar-refractivity contribution in [3.63, 3.8) is 0 Å². The van der Waals surface area contributed by atoms with Crippen LogP contribution in [0.2, 0.25) is 0 Å². The third-order valence-electron chi connectivity index (χ3n) is 3.78. The molecule has 0 saturated carbocycles. The first-order valence-electron chi connectivity index (χ1n) is 7.00. The zero-order valence-corrected chi connectivity index (χ0v) is 11.9. The molecular formula is C17H12F3NO2. The number of aromatic amines is 1. The molecule has 0 spiro atoms. The lowest BCUT2D eigenvalue weighted by molar-refractivity contribution is -0.137. The molecule has 6 heteroatoms. The van der Waals surface area contributed by atoms with Crippen LogP contribution in [0.15, 0.2) is 46.8 Å². The molecule has 2 aromatic rings. The van der Waals surface area contributed by atoms with Gasteiger partial charge in [-0.15, -0.1) is 0 Å². The molecular weight excluding hydrogens is 307 g/mol. The molecule has 0 amide bonds. The quantitative estimate of drug-likeness (QED) is 0.816. The highest BCUT2D eigenvalue weighted by Gasteiger charge is 2.33. The van der Waals surface area contributed by atoms with Crippen LogP contribution in [0.5, 0.6) is 0 Å². The number of alkyl halides is 3. The van der Waals surface area contributed by atoms with Crippen LogP contribution in [0.1, 0.15) is 33.6 Å². The first-order chi connectivity index (χ1) is 10.9. The second kappa shape index (κ2) is 5.53. The molecule has 1 aliphatic rings. The van der Waals surface area contributed by atoms with Crippen molar-refractivity contribution in [2.24, 2.45) is 0 Å². The van der Waals surface area contributed by atoms with E-state index >= 15 is 0 Å². The minimum absolute atomic E-state index is 0.0313. The molecule has 0 bridgehead atoms. The molecule has 0 saturated heterocycles. The number of carbonyl (C=O) groups excluding carboxylic acids is 1. The number of H-pyrrole nitrogens is 1. The second-order valence-corrected chi connectivity index (χ2v) is 5.30. The van der Waals surface area contributed by atoms with Crippen LogP contribution in [0.25, 0.3) is 6.08 Å². The number of allylic oxidation sites excluding steroid dienone is 1. The normalized spacial score (nSPS) is 16.5. The van der Waals surface area contributed by atoms with E-state index in [1.54, 1.807) is 0 Å². The molecule has 1 aliphatic carbocycles. The number of aromatic nitrogens is 1. The highest BCUT2D eigenvalue weighted by Crippen LogP contribution is 2.34. The number of ketones is 1. The molecule has 3 nitrogen and oxygen atoms in total. The van der Waals surface area contributed by atoms with Crippen molar-refractivity contribution in [2.45, 2.75) is 19.0 Å². The highest BCUT2D eigenvalue weighted by atomic mass is 19.4. The number of hydrogen-bond acceptors (Lipinski definition) is 2. The van der Waals surface area contributed by atoms with Gasteiger partial charge in [-0.1, -0.05) is 18.2 Å². The van der Waals surface area contributed by atoms with E-state index in [-0.39, 0.29) is 23.3 Å². The molecule has 0 radical (unpaired) electrons. The standard InChI is InChI=1S/C17H12F3NO2/c18-17(19,20)13-4-2-1-3-10(13)9-11-5-7-14-12(16(11)23)6-8-15(22)21-14/h1-4,6,8-9H,5,7H2,(H,21,22)/b11-9+. The van der Waals surface area contributed by atoms with Gasteiger partial charge in [-0.05, 0) is 36.6 Å². The first-order valence-corrected chi connectivity index (χ1v) is 7.00. The largest absolute Gasteiger partial charge is 0.416 e. The van der Waals surface area contributed by atoms with Crippen LogP contribution in [0, 0.1) is 0 Å². The van der Waals surface area contributed by atoms with Gasteiger partial charge in [-0.25, -0.2) is 0 Å². The maximum absolute atomic E-state index is 13.0. The Morgan fingerprint density at radius 2 is 1.74 bits per heavy atom. The molecule has 118 valence electrons. The molecule has 1 N–H and O–H groups in total. The Morgan fingerprint density at radius 3 is 2.48 bits per heavy atom. The van der Waals surface area contributed by atoms with Crippen molar-refractivity contribution in [2.75, 3.05) is 0 Å². The minimum atomic E-state index is -4.48. The topological polar surface area (TPSA) is 49.9 Å². The van der Waals surface area contributed by atoms with E-state index in [4.69, 9.17) is 0 Å². The van der Waals surface area contributed by atoms with Crippen LogP contribution in [-0.2, 0) is 12.6 Å². The molecule has 1 heterocycles. The molecule has 0 unspecified atom stereocenters. The van der Waals surface area contributed by atoms with E-state index in [0.29, 0.717) is 23.3 Å². The van der Waals surface area contributed by atoms with Gasteiger partial charge >= 0.3 is 6.18 Å². The average molecular weight is 319 g/mol. The Kier molecular flexibility index (Phi) is 3.67. The summed E-state index contributed by atoms with van der Waals surface area (Å²) in [6.07, 6.45) is -2.48. The van der Waals surface area contributed by atoms with Crippen molar-refractivity contribution < 1.29 is 18.0 Å². The monoisotopic (exact) mass is 319 g/mol. The summed E-state index contributed by atoms with van der Waals surface area (Å²) in [5, 5.41) is 0. The van der Waals surface area contributed by atoms with Gasteiger partial charge in [0.05, 0.1) is 5.56 Å². The van der Waals surface area contributed by atoms with Crippen LogP contribution in [0.3, 0.4) is 0 Å². The lowest BCUT2D eigenvalue weighted by Gasteiger charge is -2.17. The number of pyridine rings is 1. The van der Waals surface area contributed by atoms with Crippen molar-refractivity contribution >= 4 is 11.9 Å². The van der Waals surface area contributed by atoms with Crippen molar-refractivity contribution in [1.29, 1.82) is 0 Å². The van der Waals surface area contributed by atoms with Crippen molar-refractivity contribution in [3.05, 3.63) is 74.7 Å². The molecule has 0 atom stereocenters. The van der Waals surface area contributed by atoms with Gasteiger partial charge in [0.1, 0.15) is 0 Å². The second-order valence-electron chi connectivity index (χ2n) is 5.30. The summed E-state index contributed by atoms with van der Waals surface area (Å²) >= 11 is 0. The minimum Gasteiger partial charge on any atom is -0.325 e. The predicted octanol–water partition coefficient (Wildman–Crippen LogP) is 3.61. The number of aryl methyl sites for hydroxylation is 1. The first kappa shape index (κ1) is 15.3. The fraction of sp³-hybridized carbons (Fsp3) is 0.176. The van der Waals surface area contributed by atoms with Gasteiger partial charge in [0.2, 0.25) is 5.56 Å². The molecule has 0 aliphatic heterocycles.